The fourth-order valence-corrected chi connectivity index (χ4v) is 0.934. The first-order chi connectivity index (χ1) is 6.97. The number of halogens is 1. The lowest BCUT2D eigenvalue weighted by Crippen LogP contribution is -2.06. The molecule has 0 saturated carbocycles. The van der Waals surface area contributed by atoms with E-state index in [0.29, 0.717) is 6.61 Å². The molecule has 1 aromatic rings. The molecule has 0 heterocycles. The zero-order valence-electron chi connectivity index (χ0n) is 9.33. The van der Waals surface area contributed by atoms with Crippen molar-refractivity contribution in [1.29, 1.82) is 0 Å². The summed E-state index contributed by atoms with van der Waals surface area (Å²) in [5.41, 5.74) is 0.781. The van der Waals surface area contributed by atoms with Crippen LogP contribution in [0, 0.1) is 11.2 Å². The number of benzene rings is 1. The summed E-state index contributed by atoms with van der Waals surface area (Å²) in [6, 6.07) is 6.30. The van der Waals surface area contributed by atoms with Gasteiger partial charge in [0.1, 0.15) is 12.4 Å². The van der Waals surface area contributed by atoms with Gasteiger partial charge in [0.25, 0.3) is 0 Å². The van der Waals surface area contributed by atoms with Gasteiger partial charge in [0.2, 0.25) is 0 Å². The van der Waals surface area contributed by atoms with Gasteiger partial charge < -0.3 is 4.84 Å². The first-order valence-corrected chi connectivity index (χ1v) is 4.88. The minimum atomic E-state index is -0.254. The van der Waals surface area contributed by atoms with Gasteiger partial charge in [-0.3, -0.25) is 0 Å². The third kappa shape index (κ3) is 5.15. The molecule has 0 N–H and O–H groups in total. The molecule has 2 nitrogen and oxygen atoms in total. The highest BCUT2D eigenvalue weighted by Crippen LogP contribution is 2.09. The highest BCUT2D eigenvalue weighted by molar-refractivity contribution is 5.63. The fraction of sp³-hybridized carbons (Fsp3) is 0.417. The predicted octanol–water partition coefficient (Wildman–Crippen LogP) is 3.37. The van der Waals surface area contributed by atoms with Crippen LogP contribution in [0.25, 0.3) is 0 Å². The Hall–Kier alpha value is -1.38. The van der Waals surface area contributed by atoms with E-state index in [0.717, 1.165) is 5.56 Å². The molecule has 3 heteroatoms. The molecular formula is C12H16FNO. The van der Waals surface area contributed by atoms with Crippen molar-refractivity contribution in [1.82, 2.24) is 0 Å². The molecule has 0 spiro atoms. The molecule has 0 aliphatic carbocycles. The first kappa shape index (κ1) is 11.7. The quantitative estimate of drug-likeness (QED) is 0.552. The van der Waals surface area contributed by atoms with Gasteiger partial charge in [0.15, 0.2) is 0 Å². The van der Waals surface area contributed by atoms with E-state index >= 15 is 0 Å². The van der Waals surface area contributed by atoms with E-state index in [2.05, 4.69) is 5.16 Å². The molecule has 0 atom stereocenters. The van der Waals surface area contributed by atoms with Crippen LogP contribution >= 0.6 is 0 Å². The SMILES string of the molecule is CC(C)(C)C=NOCc1cccc(F)c1. The van der Waals surface area contributed by atoms with Gasteiger partial charge >= 0.3 is 0 Å². The third-order valence-electron chi connectivity index (χ3n) is 1.63. The smallest absolute Gasteiger partial charge is 0.142 e. The second-order valence-corrected chi connectivity index (χ2v) is 4.50. The summed E-state index contributed by atoms with van der Waals surface area (Å²) >= 11 is 0. The maximum absolute atomic E-state index is 12.8. The monoisotopic (exact) mass is 209 g/mol. The Morgan fingerprint density at radius 2 is 2.13 bits per heavy atom. The number of oxime groups is 1. The summed E-state index contributed by atoms with van der Waals surface area (Å²) in [5, 5.41) is 3.82. The number of rotatable bonds is 3. The summed E-state index contributed by atoms with van der Waals surface area (Å²) in [6.07, 6.45) is 1.73. The Labute approximate surface area is 89.7 Å². The van der Waals surface area contributed by atoms with Gasteiger partial charge in [0.05, 0.1) is 0 Å². The standard InChI is InChI=1S/C12H16FNO/c1-12(2,3)9-14-15-8-10-5-4-6-11(13)7-10/h4-7,9H,8H2,1-3H3. The lowest BCUT2D eigenvalue weighted by Gasteiger charge is -2.09. The van der Waals surface area contributed by atoms with Crippen molar-refractivity contribution in [3.8, 4) is 0 Å². The molecule has 0 bridgehead atoms. The molecular weight excluding hydrogens is 193 g/mol. The van der Waals surface area contributed by atoms with E-state index in [1.807, 2.05) is 20.8 Å². The molecule has 0 aromatic heterocycles. The summed E-state index contributed by atoms with van der Waals surface area (Å²) in [5.74, 6) is -0.254. The van der Waals surface area contributed by atoms with Crippen LogP contribution in [-0.2, 0) is 11.4 Å². The van der Waals surface area contributed by atoms with Crippen molar-refractivity contribution < 1.29 is 9.23 Å². The lowest BCUT2D eigenvalue weighted by molar-refractivity contribution is 0.129. The Balaban J connectivity index is 2.42. The summed E-state index contributed by atoms with van der Waals surface area (Å²) < 4.78 is 12.8. The van der Waals surface area contributed by atoms with Gasteiger partial charge in [-0.15, -0.1) is 0 Å². The summed E-state index contributed by atoms with van der Waals surface area (Å²) in [7, 11) is 0. The molecule has 0 aliphatic heterocycles. The fourth-order valence-electron chi connectivity index (χ4n) is 0.934. The van der Waals surface area contributed by atoms with Gasteiger partial charge in [-0.1, -0.05) is 38.1 Å². The number of hydrogen-bond acceptors (Lipinski definition) is 2. The molecule has 1 rings (SSSR count). The van der Waals surface area contributed by atoms with Crippen LogP contribution < -0.4 is 0 Å². The van der Waals surface area contributed by atoms with Crippen molar-refractivity contribution in [3.05, 3.63) is 35.6 Å². The minimum absolute atomic E-state index is 0.00192. The van der Waals surface area contributed by atoms with Crippen LogP contribution in [0.2, 0.25) is 0 Å². The van der Waals surface area contributed by atoms with Crippen LogP contribution in [-0.4, -0.2) is 6.21 Å². The van der Waals surface area contributed by atoms with Crippen molar-refractivity contribution in [2.75, 3.05) is 0 Å². The summed E-state index contributed by atoms with van der Waals surface area (Å²) in [6.45, 7) is 6.39. The van der Waals surface area contributed by atoms with Gasteiger partial charge in [-0.05, 0) is 17.7 Å². The normalized spacial score (nSPS) is 12.0. The Bertz CT molecular complexity index is 342. The number of hydrogen-bond donors (Lipinski definition) is 0. The van der Waals surface area contributed by atoms with Crippen molar-refractivity contribution in [2.24, 2.45) is 10.6 Å². The molecule has 0 radical (unpaired) electrons. The van der Waals surface area contributed by atoms with Crippen molar-refractivity contribution >= 4 is 6.21 Å². The van der Waals surface area contributed by atoms with Crippen LogP contribution in [0.1, 0.15) is 26.3 Å². The van der Waals surface area contributed by atoms with E-state index < -0.39 is 0 Å². The Morgan fingerprint density at radius 3 is 2.73 bits per heavy atom. The third-order valence-corrected chi connectivity index (χ3v) is 1.63. The van der Waals surface area contributed by atoms with E-state index in [-0.39, 0.29) is 11.2 Å². The molecule has 82 valence electrons. The van der Waals surface area contributed by atoms with E-state index in [4.69, 9.17) is 4.84 Å². The zero-order valence-corrected chi connectivity index (χ0v) is 9.33. The molecule has 15 heavy (non-hydrogen) atoms. The highest BCUT2D eigenvalue weighted by atomic mass is 19.1. The largest absolute Gasteiger partial charge is 0.391 e. The molecule has 0 saturated heterocycles. The molecule has 0 fully saturated rings. The van der Waals surface area contributed by atoms with Crippen LogP contribution in [0.4, 0.5) is 4.39 Å². The maximum Gasteiger partial charge on any atom is 0.142 e. The van der Waals surface area contributed by atoms with Crippen LogP contribution in [0.3, 0.4) is 0 Å². The molecule has 1 aromatic carbocycles. The second kappa shape index (κ2) is 4.91. The van der Waals surface area contributed by atoms with Crippen LogP contribution in [0.5, 0.6) is 0 Å². The average molecular weight is 209 g/mol. The molecule has 0 aliphatic rings. The van der Waals surface area contributed by atoms with Crippen molar-refractivity contribution in [3.63, 3.8) is 0 Å². The van der Waals surface area contributed by atoms with Crippen LogP contribution in [0.15, 0.2) is 29.4 Å². The zero-order chi connectivity index (χ0) is 11.3. The first-order valence-electron chi connectivity index (χ1n) is 4.88. The highest BCUT2D eigenvalue weighted by Gasteiger charge is 2.05. The predicted molar refractivity (Wildman–Crippen MR) is 59.1 cm³/mol. The molecule has 0 amide bonds. The minimum Gasteiger partial charge on any atom is -0.391 e. The number of nitrogens with zero attached hydrogens (tertiary/aromatic N) is 1. The Morgan fingerprint density at radius 1 is 1.40 bits per heavy atom. The van der Waals surface area contributed by atoms with Gasteiger partial charge in [0, 0.05) is 11.6 Å². The van der Waals surface area contributed by atoms with Gasteiger partial charge in [-0.25, -0.2) is 4.39 Å². The average Bonchev–Trinajstić information content (AvgIpc) is 2.11. The topological polar surface area (TPSA) is 21.6 Å². The summed E-state index contributed by atoms with van der Waals surface area (Å²) in [4.78, 5) is 5.05. The maximum atomic E-state index is 12.8. The van der Waals surface area contributed by atoms with Crippen molar-refractivity contribution in [2.45, 2.75) is 27.4 Å². The van der Waals surface area contributed by atoms with E-state index in [1.165, 1.54) is 12.1 Å². The van der Waals surface area contributed by atoms with E-state index in [1.54, 1.807) is 18.3 Å². The van der Waals surface area contributed by atoms with E-state index in [9.17, 15) is 4.39 Å². The van der Waals surface area contributed by atoms with Gasteiger partial charge in [-0.2, -0.15) is 0 Å². The Kier molecular flexibility index (Phi) is 3.83. The lowest BCUT2D eigenvalue weighted by atomic mass is 10.00. The molecule has 0 unspecified atom stereocenters. The second-order valence-electron chi connectivity index (χ2n) is 4.50.